The molecule has 0 aliphatic rings. The van der Waals surface area contributed by atoms with Gasteiger partial charge < -0.3 is 9.47 Å². The lowest BCUT2D eigenvalue weighted by atomic mass is 10.0. The highest BCUT2D eigenvalue weighted by Crippen LogP contribution is 2.28. The van der Waals surface area contributed by atoms with E-state index in [2.05, 4.69) is 48.6 Å². The number of hydrogen-bond acceptors (Lipinski definition) is 2. The molecule has 0 bridgehead atoms. The minimum Gasteiger partial charge on any atom is -0.466 e. The Labute approximate surface area is 111 Å². The summed E-state index contributed by atoms with van der Waals surface area (Å²) in [5, 5.41) is 0. The van der Waals surface area contributed by atoms with Crippen molar-refractivity contribution in [1.29, 1.82) is 0 Å². The second-order valence-electron chi connectivity index (χ2n) is 3.89. The standard InChI is InChI=1S/C13H19IO2/c1-4-5-6-11-7-10(2)8-12(14)13(11)16-9-15-3/h7-8H,4-6,9H2,1-3H3. The predicted octanol–water partition coefficient (Wildman–Crippen LogP) is 3.92. The molecular formula is C13H19IO2. The van der Waals surface area contributed by atoms with Crippen LogP contribution in [0.25, 0.3) is 0 Å². The Morgan fingerprint density at radius 3 is 2.69 bits per heavy atom. The van der Waals surface area contributed by atoms with Crippen LogP contribution in [0.4, 0.5) is 0 Å². The average molecular weight is 334 g/mol. The zero-order valence-corrected chi connectivity index (χ0v) is 12.3. The van der Waals surface area contributed by atoms with Crippen molar-refractivity contribution < 1.29 is 9.47 Å². The molecular weight excluding hydrogens is 315 g/mol. The first-order chi connectivity index (χ1) is 7.69. The lowest BCUT2D eigenvalue weighted by molar-refractivity contribution is 0.0498. The summed E-state index contributed by atoms with van der Waals surface area (Å²) in [6.45, 7) is 4.65. The van der Waals surface area contributed by atoms with E-state index in [-0.39, 0.29) is 0 Å². The van der Waals surface area contributed by atoms with Gasteiger partial charge in [0.25, 0.3) is 0 Å². The van der Waals surface area contributed by atoms with Crippen molar-refractivity contribution in [2.75, 3.05) is 13.9 Å². The normalized spacial score (nSPS) is 10.5. The fourth-order valence-corrected chi connectivity index (χ4v) is 2.63. The minimum absolute atomic E-state index is 0.318. The summed E-state index contributed by atoms with van der Waals surface area (Å²) in [5.41, 5.74) is 2.59. The molecule has 90 valence electrons. The van der Waals surface area contributed by atoms with Crippen molar-refractivity contribution in [3.63, 3.8) is 0 Å². The SMILES string of the molecule is CCCCc1cc(C)cc(I)c1OCOC. The smallest absolute Gasteiger partial charge is 0.188 e. The quantitative estimate of drug-likeness (QED) is 0.580. The van der Waals surface area contributed by atoms with Crippen LogP contribution < -0.4 is 4.74 Å². The van der Waals surface area contributed by atoms with Crippen molar-refractivity contribution in [2.45, 2.75) is 33.1 Å². The summed E-state index contributed by atoms with van der Waals surface area (Å²) in [5.74, 6) is 0.988. The third-order valence-corrected chi connectivity index (χ3v) is 3.19. The van der Waals surface area contributed by atoms with Gasteiger partial charge in [0.2, 0.25) is 0 Å². The monoisotopic (exact) mass is 334 g/mol. The molecule has 0 aliphatic carbocycles. The van der Waals surface area contributed by atoms with Gasteiger partial charge >= 0.3 is 0 Å². The Kier molecular flexibility index (Phi) is 6.13. The van der Waals surface area contributed by atoms with Crippen LogP contribution in [0.15, 0.2) is 12.1 Å². The van der Waals surface area contributed by atoms with Crippen LogP contribution in [0.2, 0.25) is 0 Å². The summed E-state index contributed by atoms with van der Waals surface area (Å²) in [7, 11) is 1.65. The molecule has 2 nitrogen and oxygen atoms in total. The molecule has 0 saturated heterocycles. The first-order valence-electron chi connectivity index (χ1n) is 5.59. The number of halogens is 1. The van der Waals surface area contributed by atoms with Gasteiger partial charge in [-0.25, -0.2) is 0 Å². The highest BCUT2D eigenvalue weighted by Gasteiger charge is 2.09. The topological polar surface area (TPSA) is 18.5 Å². The molecule has 0 amide bonds. The van der Waals surface area contributed by atoms with Crippen molar-refractivity contribution in [3.05, 3.63) is 26.8 Å². The number of unbranched alkanes of at least 4 members (excludes halogenated alkanes) is 1. The van der Waals surface area contributed by atoms with Crippen LogP contribution in [-0.4, -0.2) is 13.9 Å². The van der Waals surface area contributed by atoms with Crippen molar-refractivity contribution in [2.24, 2.45) is 0 Å². The van der Waals surface area contributed by atoms with E-state index < -0.39 is 0 Å². The van der Waals surface area contributed by atoms with Gasteiger partial charge in [0.15, 0.2) is 6.79 Å². The van der Waals surface area contributed by atoms with Crippen LogP contribution >= 0.6 is 22.6 Å². The number of benzene rings is 1. The van der Waals surface area contributed by atoms with Gasteiger partial charge in [0, 0.05) is 7.11 Å². The molecule has 1 rings (SSSR count). The molecule has 0 heterocycles. The largest absolute Gasteiger partial charge is 0.466 e. The van der Waals surface area contributed by atoms with Gasteiger partial charge in [-0.3, -0.25) is 0 Å². The first-order valence-corrected chi connectivity index (χ1v) is 6.67. The van der Waals surface area contributed by atoms with Gasteiger partial charge in [-0.2, -0.15) is 0 Å². The zero-order chi connectivity index (χ0) is 12.0. The molecule has 16 heavy (non-hydrogen) atoms. The summed E-state index contributed by atoms with van der Waals surface area (Å²) < 4.78 is 11.8. The third kappa shape index (κ3) is 3.94. The molecule has 0 unspecified atom stereocenters. The van der Waals surface area contributed by atoms with Gasteiger partial charge in [-0.15, -0.1) is 0 Å². The molecule has 3 heteroatoms. The molecule has 1 aromatic carbocycles. The number of hydrogen-bond donors (Lipinski definition) is 0. The molecule has 0 saturated carbocycles. The highest BCUT2D eigenvalue weighted by atomic mass is 127. The summed E-state index contributed by atoms with van der Waals surface area (Å²) in [6, 6.07) is 4.35. The van der Waals surface area contributed by atoms with Gasteiger partial charge in [0.05, 0.1) is 3.57 Å². The van der Waals surface area contributed by atoms with E-state index >= 15 is 0 Å². The molecule has 0 aromatic heterocycles. The Hall–Kier alpha value is -0.290. The molecule has 0 N–H and O–H groups in total. The summed E-state index contributed by atoms with van der Waals surface area (Å²) >= 11 is 2.32. The zero-order valence-electron chi connectivity index (χ0n) is 10.2. The molecule has 0 aliphatic heterocycles. The van der Waals surface area contributed by atoms with Crippen LogP contribution in [0.5, 0.6) is 5.75 Å². The van der Waals surface area contributed by atoms with Crippen LogP contribution in [0, 0.1) is 10.5 Å². The maximum absolute atomic E-state index is 5.64. The summed E-state index contributed by atoms with van der Waals surface area (Å²) in [6.07, 6.45) is 3.48. The van der Waals surface area contributed by atoms with E-state index in [1.165, 1.54) is 27.5 Å². The van der Waals surface area contributed by atoms with E-state index in [9.17, 15) is 0 Å². The maximum atomic E-state index is 5.64. The Morgan fingerprint density at radius 2 is 2.06 bits per heavy atom. The third-order valence-electron chi connectivity index (χ3n) is 2.39. The molecule has 1 aromatic rings. The van der Waals surface area contributed by atoms with Crippen LogP contribution in [0.1, 0.15) is 30.9 Å². The van der Waals surface area contributed by atoms with Gasteiger partial charge in [0.1, 0.15) is 5.75 Å². The second-order valence-corrected chi connectivity index (χ2v) is 5.05. The van der Waals surface area contributed by atoms with Crippen molar-refractivity contribution >= 4 is 22.6 Å². The van der Waals surface area contributed by atoms with E-state index in [1.54, 1.807) is 7.11 Å². The number of aryl methyl sites for hydroxylation is 2. The number of ether oxygens (including phenoxy) is 2. The Morgan fingerprint density at radius 1 is 1.31 bits per heavy atom. The average Bonchev–Trinajstić information content (AvgIpc) is 2.24. The van der Waals surface area contributed by atoms with E-state index in [0.29, 0.717) is 6.79 Å². The first kappa shape index (κ1) is 13.8. The predicted molar refractivity (Wildman–Crippen MR) is 75.0 cm³/mol. The molecule has 0 fully saturated rings. The van der Waals surface area contributed by atoms with E-state index in [0.717, 1.165) is 12.2 Å². The second kappa shape index (κ2) is 7.12. The Balaban J connectivity index is 2.91. The molecule has 0 spiro atoms. The van der Waals surface area contributed by atoms with Crippen LogP contribution in [0.3, 0.4) is 0 Å². The maximum Gasteiger partial charge on any atom is 0.188 e. The summed E-state index contributed by atoms with van der Waals surface area (Å²) in [4.78, 5) is 0. The van der Waals surface area contributed by atoms with Crippen molar-refractivity contribution in [3.8, 4) is 5.75 Å². The lowest BCUT2D eigenvalue weighted by Gasteiger charge is -2.13. The fourth-order valence-electron chi connectivity index (χ4n) is 1.63. The number of rotatable bonds is 6. The van der Waals surface area contributed by atoms with Crippen LogP contribution in [-0.2, 0) is 11.2 Å². The highest BCUT2D eigenvalue weighted by molar-refractivity contribution is 14.1. The van der Waals surface area contributed by atoms with E-state index in [4.69, 9.17) is 9.47 Å². The van der Waals surface area contributed by atoms with Gasteiger partial charge in [-0.1, -0.05) is 19.4 Å². The number of methoxy groups -OCH3 is 1. The lowest BCUT2D eigenvalue weighted by Crippen LogP contribution is -2.04. The Bertz CT molecular complexity index is 337. The minimum atomic E-state index is 0.318. The van der Waals surface area contributed by atoms with Gasteiger partial charge in [-0.05, 0) is 59.5 Å². The molecule has 0 atom stereocenters. The van der Waals surface area contributed by atoms with E-state index in [1.807, 2.05) is 0 Å². The van der Waals surface area contributed by atoms with Crippen molar-refractivity contribution in [1.82, 2.24) is 0 Å². The fraction of sp³-hybridized carbons (Fsp3) is 0.538. The molecule has 0 radical (unpaired) electrons.